The zero-order valence-electron chi connectivity index (χ0n) is 18.0. The van der Waals surface area contributed by atoms with E-state index >= 15 is 0 Å². The molecular weight excluding hydrogens is 432 g/mol. The van der Waals surface area contributed by atoms with E-state index in [1.54, 1.807) is 38.1 Å². The van der Waals surface area contributed by atoms with Crippen LogP contribution in [0.25, 0.3) is 0 Å². The van der Waals surface area contributed by atoms with E-state index < -0.39 is 10.0 Å². The van der Waals surface area contributed by atoms with Crippen LogP contribution in [0.4, 0.5) is 5.13 Å². The van der Waals surface area contributed by atoms with Gasteiger partial charge in [0, 0.05) is 18.2 Å². The van der Waals surface area contributed by atoms with Crippen LogP contribution in [0.1, 0.15) is 40.9 Å². The van der Waals surface area contributed by atoms with Gasteiger partial charge in [-0.15, -0.1) is 10.2 Å². The number of aryl methyl sites for hydroxylation is 2. The summed E-state index contributed by atoms with van der Waals surface area (Å²) in [6.07, 6.45) is 0.599. The van der Waals surface area contributed by atoms with Gasteiger partial charge in [-0.2, -0.15) is 0 Å². The smallest absolute Gasteiger partial charge is 0.266 e. The van der Waals surface area contributed by atoms with Gasteiger partial charge in [-0.05, 0) is 62.9 Å². The monoisotopic (exact) mass is 458 g/mol. The molecular formula is C22H26N4O3S2. The molecule has 0 radical (unpaired) electrons. The summed E-state index contributed by atoms with van der Waals surface area (Å²) in [5, 5.41) is 11.0. The molecule has 0 atom stereocenters. The molecule has 2 aromatic carbocycles. The molecule has 9 heteroatoms. The maximum absolute atomic E-state index is 13.1. The molecule has 0 unspecified atom stereocenters. The van der Waals surface area contributed by atoms with E-state index in [1.165, 1.54) is 21.2 Å². The van der Waals surface area contributed by atoms with Crippen molar-refractivity contribution in [1.29, 1.82) is 0 Å². The number of carbonyl (C=O) groups excluding carboxylic acids is 1. The van der Waals surface area contributed by atoms with Gasteiger partial charge in [0.25, 0.3) is 15.9 Å². The van der Waals surface area contributed by atoms with E-state index in [1.807, 2.05) is 32.0 Å². The highest BCUT2D eigenvalue weighted by Gasteiger charge is 2.29. The van der Waals surface area contributed by atoms with Gasteiger partial charge < -0.3 is 5.32 Å². The van der Waals surface area contributed by atoms with Gasteiger partial charge in [-0.3, -0.25) is 4.79 Å². The normalized spacial score (nSPS) is 11.5. The van der Waals surface area contributed by atoms with Crippen molar-refractivity contribution in [3.05, 3.63) is 70.2 Å². The minimum atomic E-state index is -3.75. The number of benzene rings is 2. The molecule has 0 saturated heterocycles. The quantitative estimate of drug-likeness (QED) is 0.555. The fraction of sp³-hybridized carbons (Fsp3) is 0.318. The van der Waals surface area contributed by atoms with Gasteiger partial charge in [-0.1, -0.05) is 41.7 Å². The van der Waals surface area contributed by atoms with Crippen molar-refractivity contribution in [3.63, 3.8) is 0 Å². The van der Waals surface area contributed by atoms with Crippen LogP contribution in [0.15, 0.2) is 52.9 Å². The van der Waals surface area contributed by atoms with Gasteiger partial charge in [0.1, 0.15) is 5.51 Å². The molecule has 0 bridgehead atoms. The summed E-state index contributed by atoms with van der Waals surface area (Å²) in [6, 6.07) is 12.2. The third kappa shape index (κ3) is 5.11. The molecule has 1 heterocycles. The summed E-state index contributed by atoms with van der Waals surface area (Å²) in [6.45, 7) is 7.90. The molecule has 0 aliphatic carbocycles. The van der Waals surface area contributed by atoms with Crippen LogP contribution in [0, 0.1) is 13.8 Å². The number of carbonyl (C=O) groups is 1. The van der Waals surface area contributed by atoms with Gasteiger partial charge in [-0.25, -0.2) is 12.7 Å². The number of anilines is 1. The van der Waals surface area contributed by atoms with Gasteiger partial charge in [0.05, 0.1) is 4.90 Å². The van der Waals surface area contributed by atoms with E-state index in [0.29, 0.717) is 23.7 Å². The van der Waals surface area contributed by atoms with Crippen LogP contribution in [0.3, 0.4) is 0 Å². The highest BCUT2D eigenvalue weighted by Crippen LogP contribution is 2.27. The van der Waals surface area contributed by atoms with Crippen molar-refractivity contribution in [1.82, 2.24) is 15.5 Å². The Balaban J connectivity index is 1.67. The zero-order chi connectivity index (χ0) is 22.6. The molecule has 3 rings (SSSR count). The first-order chi connectivity index (χ1) is 14.7. The molecule has 0 aliphatic rings. The topological polar surface area (TPSA) is 92.3 Å². The molecule has 0 aliphatic heterocycles. The zero-order valence-corrected chi connectivity index (χ0v) is 19.6. The maximum atomic E-state index is 13.1. The Morgan fingerprint density at radius 3 is 2.29 bits per heavy atom. The largest absolute Gasteiger partial charge is 0.352 e. The first-order valence-electron chi connectivity index (χ1n) is 9.95. The van der Waals surface area contributed by atoms with Crippen molar-refractivity contribution in [2.24, 2.45) is 0 Å². The van der Waals surface area contributed by atoms with Gasteiger partial charge in [0.2, 0.25) is 5.13 Å². The lowest BCUT2D eigenvalue weighted by molar-refractivity contribution is 0.0953. The van der Waals surface area contributed by atoms with Crippen LogP contribution in [-0.4, -0.2) is 37.1 Å². The Hall–Kier alpha value is -2.78. The molecule has 0 spiro atoms. The molecule has 0 saturated carbocycles. The molecule has 1 amide bonds. The Morgan fingerprint density at radius 2 is 1.74 bits per heavy atom. The first-order valence-corrected chi connectivity index (χ1v) is 12.3. The molecule has 164 valence electrons. The Kier molecular flexibility index (Phi) is 7.07. The average Bonchev–Trinajstić information content (AvgIpc) is 3.21. The summed E-state index contributed by atoms with van der Waals surface area (Å²) in [5.41, 5.74) is 5.03. The van der Waals surface area contributed by atoms with E-state index in [-0.39, 0.29) is 16.8 Å². The predicted molar refractivity (Wildman–Crippen MR) is 123 cm³/mol. The predicted octanol–water partition coefficient (Wildman–Crippen LogP) is 3.73. The average molecular weight is 459 g/mol. The van der Waals surface area contributed by atoms with E-state index in [2.05, 4.69) is 15.5 Å². The SMILES string of the molecule is Cc1cccc(C)c1C(=O)NCCc1ccc(S(=O)(=O)N(c2nncs2)C(C)C)cc1. The number of hydrogen-bond donors (Lipinski definition) is 1. The Bertz CT molecular complexity index is 1120. The van der Waals surface area contributed by atoms with Crippen LogP contribution in [-0.2, 0) is 16.4 Å². The van der Waals surface area contributed by atoms with Crippen molar-refractivity contribution >= 4 is 32.4 Å². The number of sulfonamides is 1. The molecule has 0 fully saturated rings. The lowest BCUT2D eigenvalue weighted by atomic mass is 10.0. The van der Waals surface area contributed by atoms with Crippen LogP contribution in [0.2, 0.25) is 0 Å². The summed E-state index contributed by atoms with van der Waals surface area (Å²) in [7, 11) is -3.75. The highest BCUT2D eigenvalue weighted by molar-refractivity contribution is 7.93. The second-order valence-corrected chi connectivity index (χ2v) is 10.2. The second-order valence-electron chi connectivity index (χ2n) is 7.53. The summed E-state index contributed by atoms with van der Waals surface area (Å²) < 4.78 is 27.5. The Labute approximate surface area is 187 Å². The molecule has 7 nitrogen and oxygen atoms in total. The number of hydrogen-bond acceptors (Lipinski definition) is 6. The second kappa shape index (κ2) is 9.57. The number of rotatable bonds is 8. The fourth-order valence-electron chi connectivity index (χ4n) is 3.39. The van der Waals surface area contributed by atoms with Crippen LogP contribution >= 0.6 is 11.3 Å². The first kappa shape index (κ1) is 22.9. The number of aromatic nitrogens is 2. The van der Waals surface area contributed by atoms with Crippen molar-refractivity contribution in [2.45, 2.75) is 45.1 Å². The number of nitrogens with zero attached hydrogens (tertiary/aromatic N) is 3. The Morgan fingerprint density at radius 1 is 1.10 bits per heavy atom. The number of amides is 1. The van der Waals surface area contributed by atoms with E-state index in [4.69, 9.17) is 0 Å². The van der Waals surface area contributed by atoms with Crippen molar-refractivity contribution in [2.75, 3.05) is 10.8 Å². The highest BCUT2D eigenvalue weighted by atomic mass is 32.2. The van der Waals surface area contributed by atoms with Crippen molar-refractivity contribution in [3.8, 4) is 0 Å². The number of nitrogens with one attached hydrogen (secondary N) is 1. The third-order valence-corrected chi connectivity index (χ3v) is 7.68. The minimum Gasteiger partial charge on any atom is -0.352 e. The summed E-state index contributed by atoms with van der Waals surface area (Å²) in [4.78, 5) is 12.7. The molecule has 1 aromatic heterocycles. The van der Waals surface area contributed by atoms with Crippen molar-refractivity contribution < 1.29 is 13.2 Å². The van der Waals surface area contributed by atoms with Gasteiger partial charge >= 0.3 is 0 Å². The lowest BCUT2D eigenvalue weighted by Crippen LogP contribution is -2.37. The molecule has 31 heavy (non-hydrogen) atoms. The van der Waals surface area contributed by atoms with Crippen LogP contribution < -0.4 is 9.62 Å². The lowest BCUT2D eigenvalue weighted by Gasteiger charge is -2.25. The maximum Gasteiger partial charge on any atom is 0.266 e. The summed E-state index contributed by atoms with van der Waals surface area (Å²) >= 11 is 1.18. The molecule has 3 aromatic rings. The van der Waals surface area contributed by atoms with Gasteiger partial charge in [0.15, 0.2) is 0 Å². The molecule has 1 N–H and O–H groups in total. The van der Waals surface area contributed by atoms with E-state index in [9.17, 15) is 13.2 Å². The summed E-state index contributed by atoms with van der Waals surface area (Å²) in [5.74, 6) is -0.0977. The van der Waals surface area contributed by atoms with Crippen LogP contribution in [0.5, 0.6) is 0 Å². The fourth-order valence-corrected chi connectivity index (χ4v) is 5.91. The third-order valence-electron chi connectivity index (χ3n) is 4.89. The standard InChI is InChI=1S/C22H26N4O3S2/c1-15(2)26(22-25-24-14-30-22)31(28,29)19-10-8-18(9-11-19)12-13-23-21(27)20-16(3)6-5-7-17(20)4/h5-11,14-15H,12-13H2,1-4H3,(H,23,27). The van der Waals surface area contributed by atoms with E-state index in [0.717, 1.165) is 16.7 Å². The minimum absolute atomic E-state index is 0.0977.